The van der Waals surface area contributed by atoms with E-state index in [0.29, 0.717) is 12.8 Å². The SMILES string of the molecule is CN(CC(=O)N1C[C@H](CO)NC(=O)[C@H]1Cc1ccccc1)C(=O)/C=C/CC(C)(C)N. The zero-order valence-electron chi connectivity index (χ0n) is 17.9. The third kappa shape index (κ3) is 6.96. The highest BCUT2D eigenvalue weighted by Crippen LogP contribution is 2.15. The summed E-state index contributed by atoms with van der Waals surface area (Å²) in [6.45, 7) is 3.49. The summed E-state index contributed by atoms with van der Waals surface area (Å²) < 4.78 is 0. The molecule has 1 fully saturated rings. The van der Waals surface area contributed by atoms with Crippen LogP contribution in [0.4, 0.5) is 0 Å². The third-order valence-electron chi connectivity index (χ3n) is 4.91. The summed E-state index contributed by atoms with van der Waals surface area (Å²) in [4.78, 5) is 40.7. The van der Waals surface area contributed by atoms with Crippen molar-refractivity contribution < 1.29 is 19.5 Å². The van der Waals surface area contributed by atoms with Crippen LogP contribution in [0.2, 0.25) is 0 Å². The number of piperazine rings is 1. The van der Waals surface area contributed by atoms with Crippen LogP contribution in [-0.2, 0) is 20.8 Å². The van der Waals surface area contributed by atoms with Crippen molar-refractivity contribution in [3.63, 3.8) is 0 Å². The van der Waals surface area contributed by atoms with Crippen molar-refractivity contribution in [1.29, 1.82) is 0 Å². The van der Waals surface area contributed by atoms with E-state index in [9.17, 15) is 19.5 Å². The summed E-state index contributed by atoms with van der Waals surface area (Å²) in [6, 6.07) is 8.21. The van der Waals surface area contributed by atoms with Gasteiger partial charge >= 0.3 is 0 Å². The molecule has 30 heavy (non-hydrogen) atoms. The minimum absolute atomic E-state index is 0.161. The molecule has 2 atom stereocenters. The maximum atomic E-state index is 13.0. The molecule has 8 nitrogen and oxygen atoms in total. The average molecular weight is 417 g/mol. The number of nitrogens with zero attached hydrogens (tertiary/aromatic N) is 2. The van der Waals surface area contributed by atoms with Crippen molar-refractivity contribution in [2.75, 3.05) is 26.7 Å². The fraction of sp³-hybridized carbons (Fsp3) is 0.500. The Balaban J connectivity index is 2.08. The van der Waals surface area contributed by atoms with Gasteiger partial charge in [0.15, 0.2) is 0 Å². The van der Waals surface area contributed by atoms with Crippen LogP contribution in [0, 0.1) is 0 Å². The zero-order chi connectivity index (χ0) is 22.3. The number of rotatable bonds is 8. The van der Waals surface area contributed by atoms with E-state index in [-0.39, 0.29) is 37.4 Å². The fourth-order valence-corrected chi connectivity index (χ4v) is 3.23. The van der Waals surface area contributed by atoms with Gasteiger partial charge in [-0.05, 0) is 31.9 Å². The van der Waals surface area contributed by atoms with E-state index in [0.717, 1.165) is 5.56 Å². The molecule has 0 spiro atoms. The lowest BCUT2D eigenvalue weighted by atomic mass is 10.00. The number of likely N-dealkylation sites (N-methyl/N-ethyl adjacent to an activating group) is 1. The molecule has 0 saturated carbocycles. The maximum absolute atomic E-state index is 13.0. The number of carbonyl (C=O) groups is 3. The van der Waals surface area contributed by atoms with Gasteiger partial charge in [-0.3, -0.25) is 14.4 Å². The van der Waals surface area contributed by atoms with Crippen LogP contribution in [0.5, 0.6) is 0 Å². The van der Waals surface area contributed by atoms with Crippen LogP contribution >= 0.6 is 0 Å². The monoisotopic (exact) mass is 416 g/mol. The molecule has 3 amide bonds. The van der Waals surface area contributed by atoms with Crippen molar-refractivity contribution in [1.82, 2.24) is 15.1 Å². The molecule has 0 aliphatic carbocycles. The number of hydrogen-bond acceptors (Lipinski definition) is 5. The van der Waals surface area contributed by atoms with Gasteiger partial charge in [-0.25, -0.2) is 0 Å². The lowest BCUT2D eigenvalue weighted by Gasteiger charge is -2.39. The molecule has 1 aliphatic heterocycles. The minimum Gasteiger partial charge on any atom is -0.394 e. The molecule has 1 heterocycles. The highest BCUT2D eigenvalue weighted by molar-refractivity contribution is 5.93. The molecule has 1 aromatic carbocycles. The highest BCUT2D eigenvalue weighted by Gasteiger charge is 2.37. The molecule has 1 saturated heterocycles. The molecule has 8 heteroatoms. The van der Waals surface area contributed by atoms with Gasteiger partial charge in [0, 0.05) is 25.6 Å². The Hall–Kier alpha value is -2.71. The van der Waals surface area contributed by atoms with Crippen LogP contribution in [0.15, 0.2) is 42.5 Å². The molecule has 1 aromatic rings. The number of benzene rings is 1. The Labute approximate surface area is 177 Å². The van der Waals surface area contributed by atoms with Gasteiger partial charge in [-0.2, -0.15) is 0 Å². The summed E-state index contributed by atoms with van der Waals surface area (Å²) >= 11 is 0. The summed E-state index contributed by atoms with van der Waals surface area (Å²) in [5.41, 5.74) is 6.40. The maximum Gasteiger partial charge on any atom is 0.246 e. The zero-order valence-corrected chi connectivity index (χ0v) is 17.9. The summed E-state index contributed by atoms with van der Waals surface area (Å²) in [5.74, 6) is -0.962. The number of aliphatic hydroxyl groups is 1. The Bertz CT molecular complexity index is 773. The number of nitrogens with two attached hydrogens (primary N) is 1. The summed E-state index contributed by atoms with van der Waals surface area (Å²) in [7, 11) is 1.54. The van der Waals surface area contributed by atoms with Gasteiger partial charge in [-0.1, -0.05) is 36.4 Å². The quantitative estimate of drug-likeness (QED) is 0.518. The van der Waals surface area contributed by atoms with Gasteiger partial charge in [0.25, 0.3) is 0 Å². The van der Waals surface area contributed by atoms with Gasteiger partial charge < -0.3 is 26.0 Å². The Morgan fingerprint density at radius 3 is 2.60 bits per heavy atom. The molecule has 2 rings (SSSR count). The predicted octanol–water partition coefficient (Wildman–Crippen LogP) is 0.0590. The Morgan fingerprint density at radius 1 is 1.33 bits per heavy atom. The van der Waals surface area contributed by atoms with Crippen molar-refractivity contribution in [3.05, 3.63) is 48.0 Å². The van der Waals surface area contributed by atoms with Crippen LogP contribution in [0.1, 0.15) is 25.8 Å². The second-order valence-corrected chi connectivity index (χ2v) is 8.43. The average Bonchev–Trinajstić information content (AvgIpc) is 2.68. The highest BCUT2D eigenvalue weighted by atomic mass is 16.3. The van der Waals surface area contributed by atoms with Gasteiger partial charge in [0.2, 0.25) is 17.7 Å². The van der Waals surface area contributed by atoms with E-state index in [1.165, 1.54) is 22.9 Å². The number of carbonyl (C=O) groups excluding carboxylic acids is 3. The number of aliphatic hydroxyl groups excluding tert-OH is 1. The molecular weight excluding hydrogens is 384 g/mol. The van der Waals surface area contributed by atoms with E-state index in [1.807, 2.05) is 44.2 Å². The van der Waals surface area contributed by atoms with Crippen molar-refractivity contribution in [2.45, 2.75) is 44.3 Å². The predicted molar refractivity (Wildman–Crippen MR) is 114 cm³/mol. The minimum atomic E-state index is -0.695. The van der Waals surface area contributed by atoms with E-state index in [2.05, 4.69) is 5.32 Å². The molecule has 0 bridgehead atoms. The number of amides is 3. The van der Waals surface area contributed by atoms with Crippen LogP contribution in [0.3, 0.4) is 0 Å². The Kier molecular flexibility index (Phi) is 8.14. The lowest BCUT2D eigenvalue weighted by molar-refractivity contribution is -0.147. The van der Waals surface area contributed by atoms with E-state index < -0.39 is 17.6 Å². The van der Waals surface area contributed by atoms with Crippen molar-refractivity contribution in [3.8, 4) is 0 Å². The third-order valence-corrected chi connectivity index (χ3v) is 4.91. The molecule has 1 aliphatic rings. The van der Waals surface area contributed by atoms with Gasteiger partial charge in [-0.15, -0.1) is 0 Å². The van der Waals surface area contributed by atoms with Crippen LogP contribution in [-0.4, -0.2) is 77.0 Å². The molecular formula is C22H32N4O4. The first-order chi connectivity index (χ1) is 14.1. The largest absolute Gasteiger partial charge is 0.394 e. The van der Waals surface area contributed by atoms with Crippen molar-refractivity contribution in [2.24, 2.45) is 5.73 Å². The van der Waals surface area contributed by atoms with Crippen LogP contribution in [0.25, 0.3) is 0 Å². The second-order valence-electron chi connectivity index (χ2n) is 8.43. The number of nitrogens with one attached hydrogen (secondary N) is 1. The molecule has 0 aromatic heterocycles. The standard InChI is InChI=1S/C22H32N4O4/c1-22(2,23)11-7-10-19(28)25(3)14-20(29)26-13-17(15-27)24-21(30)18(26)12-16-8-5-4-6-9-16/h4-10,17-18,27H,11-15,23H2,1-3H3,(H,24,30)/b10-7+/t17-,18-/m1/s1. The van der Waals surface area contributed by atoms with Gasteiger partial charge in [0.1, 0.15) is 6.04 Å². The molecule has 0 unspecified atom stereocenters. The Morgan fingerprint density at radius 2 is 2.00 bits per heavy atom. The smallest absolute Gasteiger partial charge is 0.246 e. The van der Waals surface area contributed by atoms with E-state index in [4.69, 9.17) is 5.73 Å². The summed E-state index contributed by atoms with van der Waals surface area (Å²) in [5, 5.41) is 12.2. The van der Waals surface area contributed by atoms with E-state index in [1.54, 1.807) is 6.08 Å². The first-order valence-corrected chi connectivity index (χ1v) is 10.1. The second kappa shape index (κ2) is 10.4. The van der Waals surface area contributed by atoms with Gasteiger partial charge in [0.05, 0.1) is 19.2 Å². The number of hydrogen-bond donors (Lipinski definition) is 3. The topological polar surface area (TPSA) is 116 Å². The fourth-order valence-electron chi connectivity index (χ4n) is 3.23. The summed E-state index contributed by atoms with van der Waals surface area (Å²) in [6.07, 6.45) is 3.99. The van der Waals surface area contributed by atoms with Crippen molar-refractivity contribution >= 4 is 17.7 Å². The lowest BCUT2D eigenvalue weighted by Crippen LogP contribution is -2.64. The van der Waals surface area contributed by atoms with Crippen LogP contribution < -0.4 is 11.1 Å². The molecule has 164 valence electrons. The molecule has 4 N–H and O–H groups in total. The normalized spacial score (nSPS) is 19.6. The first-order valence-electron chi connectivity index (χ1n) is 10.1. The van der Waals surface area contributed by atoms with E-state index >= 15 is 0 Å². The first kappa shape index (κ1) is 23.6. The molecule has 0 radical (unpaired) electrons.